The number of ether oxygens (including phenoxy) is 1. The molecule has 1 heterocycles. The Bertz CT molecular complexity index is 487. The van der Waals surface area contributed by atoms with Crippen LogP contribution in [0.25, 0.3) is 0 Å². The topological polar surface area (TPSA) is 56.8 Å². The first-order valence-corrected chi connectivity index (χ1v) is 8.16. The maximum atomic E-state index is 11.6. The van der Waals surface area contributed by atoms with Crippen LogP contribution in [0.2, 0.25) is 0 Å². The van der Waals surface area contributed by atoms with Gasteiger partial charge in [-0.2, -0.15) is 0 Å². The fourth-order valence-electron chi connectivity index (χ4n) is 2.61. The molecule has 6 nitrogen and oxygen atoms in total. The van der Waals surface area contributed by atoms with Crippen LogP contribution in [0.3, 0.4) is 0 Å². The Morgan fingerprint density at radius 2 is 1.91 bits per heavy atom. The minimum Gasteiger partial charge on any atom is -0.383 e. The van der Waals surface area contributed by atoms with Gasteiger partial charge in [-0.1, -0.05) is 24.3 Å². The standard InChI is InChI=1S/C17H28N4O2/c1-20-7-9-21(10-8-20)14-16-5-3-4-15(12-16)13-19-17(22)18-6-11-23-2/h3-5,12H,6-11,13-14H2,1-2H3,(H2,18,19,22). The first kappa shape index (κ1) is 17.7. The first-order valence-electron chi connectivity index (χ1n) is 8.16. The summed E-state index contributed by atoms with van der Waals surface area (Å²) in [5.41, 5.74) is 2.42. The minimum atomic E-state index is -0.161. The van der Waals surface area contributed by atoms with E-state index < -0.39 is 0 Å². The molecule has 2 rings (SSSR count). The number of carbonyl (C=O) groups is 1. The summed E-state index contributed by atoms with van der Waals surface area (Å²) in [7, 11) is 3.78. The second-order valence-electron chi connectivity index (χ2n) is 6.00. The maximum Gasteiger partial charge on any atom is 0.315 e. The number of likely N-dealkylation sites (N-methyl/N-ethyl adjacent to an activating group) is 1. The van der Waals surface area contributed by atoms with Gasteiger partial charge in [-0.3, -0.25) is 4.90 Å². The SMILES string of the molecule is COCCNC(=O)NCc1cccc(CN2CCN(C)CC2)c1. The van der Waals surface area contributed by atoms with Crippen LogP contribution in [-0.2, 0) is 17.8 Å². The van der Waals surface area contributed by atoms with Gasteiger partial charge in [0.25, 0.3) is 0 Å². The third-order valence-corrected chi connectivity index (χ3v) is 4.04. The zero-order valence-electron chi connectivity index (χ0n) is 14.2. The molecule has 0 spiro atoms. The van der Waals surface area contributed by atoms with Crippen molar-refractivity contribution in [2.24, 2.45) is 0 Å². The summed E-state index contributed by atoms with van der Waals surface area (Å²) in [6.07, 6.45) is 0. The van der Waals surface area contributed by atoms with E-state index in [4.69, 9.17) is 4.74 Å². The summed E-state index contributed by atoms with van der Waals surface area (Å²) in [5, 5.41) is 5.62. The van der Waals surface area contributed by atoms with Crippen LogP contribution in [0.15, 0.2) is 24.3 Å². The number of nitrogens with zero attached hydrogens (tertiary/aromatic N) is 2. The van der Waals surface area contributed by atoms with E-state index in [2.05, 4.69) is 45.7 Å². The van der Waals surface area contributed by atoms with E-state index in [1.165, 1.54) is 5.56 Å². The van der Waals surface area contributed by atoms with E-state index in [0.29, 0.717) is 19.7 Å². The van der Waals surface area contributed by atoms with Crippen LogP contribution in [0, 0.1) is 0 Å². The van der Waals surface area contributed by atoms with Gasteiger partial charge in [-0.15, -0.1) is 0 Å². The molecule has 0 bridgehead atoms. The summed E-state index contributed by atoms with van der Waals surface area (Å²) in [5.74, 6) is 0. The smallest absolute Gasteiger partial charge is 0.315 e. The summed E-state index contributed by atoms with van der Waals surface area (Å²) < 4.78 is 4.90. The van der Waals surface area contributed by atoms with Gasteiger partial charge >= 0.3 is 6.03 Å². The molecular formula is C17H28N4O2. The van der Waals surface area contributed by atoms with Crippen LogP contribution in [0.1, 0.15) is 11.1 Å². The number of nitrogens with one attached hydrogen (secondary N) is 2. The number of hydrogen-bond donors (Lipinski definition) is 2. The molecule has 0 aliphatic carbocycles. The van der Waals surface area contributed by atoms with Crippen molar-refractivity contribution in [3.63, 3.8) is 0 Å². The molecule has 0 saturated carbocycles. The molecule has 1 aliphatic heterocycles. The van der Waals surface area contributed by atoms with E-state index in [1.807, 2.05) is 6.07 Å². The van der Waals surface area contributed by atoms with Crippen molar-refractivity contribution in [3.8, 4) is 0 Å². The van der Waals surface area contributed by atoms with Gasteiger partial charge in [0.1, 0.15) is 0 Å². The van der Waals surface area contributed by atoms with Crippen LogP contribution in [0.5, 0.6) is 0 Å². The molecule has 23 heavy (non-hydrogen) atoms. The molecule has 1 aromatic rings. The summed E-state index contributed by atoms with van der Waals surface area (Å²) in [6, 6.07) is 8.27. The molecule has 0 unspecified atom stereocenters. The van der Waals surface area contributed by atoms with Crippen molar-refractivity contribution in [1.82, 2.24) is 20.4 Å². The number of urea groups is 1. The Morgan fingerprint density at radius 1 is 1.17 bits per heavy atom. The van der Waals surface area contributed by atoms with Crippen LogP contribution in [0.4, 0.5) is 4.79 Å². The lowest BCUT2D eigenvalue weighted by atomic mass is 10.1. The van der Waals surface area contributed by atoms with Crippen molar-refractivity contribution in [3.05, 3.63) is 35.4 Å². The molecule has 1 saturated heterocycles. The zero-order valence-corrected chi connectivity index (χ0v) is 14.2. The normalized spacial score (nSPS) is 16.3. The number of carbonyl (C=O) groups excluding carboxylic acids is 1. The highest BCUT2D eigenvalue weighted by atomic mass is 16.5. The molecule has 0 atom stereocenters. The molecule has 1 aliphatic rings. The summed E-state index contributed by atoms with van der Waals surface area (Å²) >= 11 is 0. The van der Waals surface area contributed by atoms with E-state index in [-0.39, 0.29) is 6.03 Å². The van der Waals surface area contributed by atoms with Crippen molar-refractivity contribution in [2.75, 3.05) is 53.5 Å². The second-order valence-corrected chi connectivity index (χ2v) is 6.00. The van der Waals surface area contributed by atoms with Gasteiger partial charge in [0, 0.05) is 52.9 Å². The number of hydrogen-bond acceptors (Lipinski definition) is 4. The van der Waals surface area contributed by atoms with Crippen molar-refractivity contribution < 1.29 is 9.53 Å². The molecule has 2 N–H and O–H groups in total. The lowest BCUT2D eigenvalue weighted by Crippen LogP contribution is -2.43. The molecule has 0 radical (unpaired) electrons. The predicted octanol–water partition coefficient (Wildman–Crippen LogP) is 0.880. The quantitative estimate of drug-likeness (QED) is 0.732. The van der Waals surface area contributed by atoms with E-state index in [1.54, 1.807) is 7.11 Å². The van der Waals surface area contributed by atoms with Crippen molar-refractivity contribution in [1.29, 1.82) is 0 Å². The van der Waals surface area contributed by atoms with E-state index in [9.17, 15) is 4.79 Å². The Balaban J connectivity index is 1.77. The predicted molar refractivity (Wildman–Crippen MR) is 91.3 cm³/mol. The number of amides is 2. The molecule has 0 aromatic heterocycles. The lowest BCUT2D eigenvalue weighted by Gasteiger charge is -2.32. The zero-order chi connectivity index (χ0) is 16.5. The number of methoxy groups -OCH3 is 1. The average Bonchev–Trinajstić information content (AvgIpc) is 2.56. The van der Waals surface area contributed by atoms with Gasteiger partial charge in [-0.25, -0.2) is 4.79 Å². The van der Waals surface area contributed by atoms with E-state index in [0.717, 1.165) is 38.3 Å². The lowest BCUT2D eigenvalue weighted by molar-refractivity contribution is 0.148. The van der Waals surface area contributed by atoms with Crippen LogP contribution in [-0.4, -0.2) is 69.3 Å². The molecule has 2 amide bonds. The average molecular weight is 320 g/mol. The van der Waals surface area contributed by atoms with Crippen LogP contribution < -0.4 is 10.6 Å². The largest absolute Gasteiger partial charge is 0.383 e. The monoisotopic (exact) mass is 320 g/mol. The van der Waals surface area contributed by atoms with Gasteiger partial charge in [-0.05, 0) is 18.2 Å². The summed E-state index contributed by atoms with van der Waals surface area (Å²) in [4.78, 5) is 16.5. The Labute approximate surface area is 138 Å². The molecule has 1 fully saturated rings. The molecule has 128 valence electrons. The first-order chi connectivity index (χ1) is 11.2. The fraction of sp³-hybridized carbons (Fsp3) is 0.588. The third kappa shape index (κ3) is 6.56. The molecule has 6 heteroatoms. The second kappa shape index (κ2) is 9.50. The van der Waals surface area contributed by atoms with E-state index >= 15 is 0 Å². The van der Waals surface area contributed by atoms with Crippen LogP contribution >= 0.6 is 0 Å². The Kier molecular flexibility index (Phi) is 7.32. The highest BCUT2D eigenvalue weighted by Gasteiger charge is 2.13. The van der Waals surface area contributed by atoms with Gasteiger partial charge in [0.2, 0.25) is 0 Å². The van der Waals surface area contributed by atoms with Crippen molar-refractivity contribution >= 4 is 6.03 Å². The highest BCUT2D eigenvalue weighted by Crippen LogP contribution is 2.10. The minimum absolute atomic E-state index is 0.161. The Morgan fingerprint density at radius 3 is 2.65 bits per heavy atom. The number of piperazine rings is 1. The number of benzene rings is 1. The third-order valence-electron chi connectivity index (χ3n) is 4.04. The van der Waals surface area contributed by atoms with Crippen molar-refractivity contribution in [2.45, 2.75) is 13.1 Å². The van der Waals surface area contributed by atoms with Gasteiger partial charge in [0.05, 0.1) is 6.61 Å². The fourth-order valence-corrected chi connectivity index (χ4v) is 2.61. The highest BCUT2D eigenvalue weighted by molar-refractivity contribution is 5.73. The molecular weight excluding hydrogens is 292 g/mol. The molecule has 1 aromatic carbocycles. The Hall–Kier alpha value is -1.63. The number of rotatable bonds is 7. The van der Waals surface area contributed by atoms with Gasteiger partial charge < -0.3 is 20.3 Å². The maximum absolute atomic E-state index is 11.6. The summed E-state index contributed by atoms with van der Waals surface area (Å²) in [6.45, 7) is 7.03. The van der Waals surface area contributed by atoms with Gasteiger partial charge in [0.15, 0.2) is 0 Å².